The molecule has 1 saturated heterocycles. The van der Waals surface area contributed by atoms with Crippen LogP contribution < -0.4 is 20.7 Å². The quantitative estimate of drug-likeness (QED) is 0.230. The summed E-state index contributed by atoms with van der Waals surface area (Å²) in [5.41, 5.74) is 0.621. The van der Waals surface area contributed by atoms with Crippen molar-refractivity contribution in [1.82, 2.24) is 20.9 Å². The lowest BCUT2D eigenvalue weighted by Gasteiger charge is -2.35. The van der Waals surface area contributed by atoms with Crippen LogP contribution in [0, 0.1) is 0 Å². The third-order valence-electron chi connectivity index (χ3n) is 4.88. The topological polar surface area (TPSA) is 78.0 Å². The van der Waals surface area contributed by atoms with E-state index in [4.69, 9.17) is 4.74 Å². The second kappa shape index (κ2) is 12.8. The first-order valence-corrected chi connectivity index (χ1v) is 9.67. The number of likely N-dealkylation sites (tertiary alicyclic amines) is 1. The van der Waals surface area contributed by atoms with Gasteiger partial charge in [-0.3, -0.25) is 9.79 Å². The molecule has 1 aliphatic heterocycles. The van der Waals surface area contributed by atoms with Gasteiger partial charge in [0.25, 0.3) is 5.91 Å². The fourth-order valence-corrected chi connectivity index (χ4v) is 3.15. The van der Waals surface area contributed by atoms with Crippen LogP contribution in [0.2, 0.25) is 0 Å². The molecule has 1 aromatic rings. The van der Waals surface area contributed by atoms with Gasteiger partial charge in [0.05, 0.1) is 7.11 Å². The van der Waals surface area contributed by atoms with Crippen LogP contribution in [0.15, 0.2) is 29.3 Å². The largest absolute Gasteiger partial charge is 0.497 e. The number of aliphatic imine (C=N–C) groups is 1. The van der Waals surface area contributed by atoms with Crippen LogP contribution in [0.4, 0.5) is 0 Å². The summed E-state index contributed by atoms with van der Waals surface area (Å²) in [6.07, 6.45) is 2.24. The van der Waals surface area contributed by atoms with Gasteiger partial charge in [-0.15, -0.1) is 24.0 Å². The van der Waals surface area contributed by atoms with Gasteiger partial charge < -0.3 is 25.6 Å². The molecule has 8 heteroatoms. The molecule has 1 heterocycles. The predicted octanol–water partition coefficient (Wildman–Crippen LogP) is 2.08. The fraction of sp³-hybridized carbons (Fsp3) is 0.600. The first-order chi connectivity index (χ1) is 13.0. The van der Waals surface area contributed by atoms with Crippen molar-refractivity contribution in [3.8, 4) is 5.75 Å². The molecule has 2 rings (SSSR count). The number of carbonyl (C=O) groups excluding carboxylic acids is 1. The van der Waals surface area contributed by atoms with Gasteiger partial charge in [0.1, 0.15) is 5.75 Å². The number of methoxy groups -OCH3 is 1. The Balaban J connectivity index is 0.00000392. The standard InChI is InChI=1S/C20H33N5O2.HI/c1-15(2)25-13-9-17(10-14-25)24-20(21-3)23-12-11-22-19(26)16-5-7-18(27-4)8-6-16;/h5-8,15,17H,9-14H2,1-4H3,(H,22,26)(H2,21,23,24);1H. The van der Waals surface area contributed by atoms with Crippen molar-refractivity contribution < 1.29 is 9.53 Å². The molecule has 0 atom stereocenters. The van der Waals surface area contributed by atoms with E-state index in [1.165, 1.54) is 0 Å². The molecule has 1 fully saturated rings. The van der Waals surface area contributed by atoms with Gasteiger partial charge >= 0.3 is 0 Å². The van der Waals surface area contributed by atoms with Crippen molar-refractivity contribution in [3.05, 3.63) is 29.8 Å². The summed E-state index contributed by atoms with van der Waals surface area (Å²) in [7, 11) is 3.38. The summed E-state index contributed by atoms with van der Waals surface area (Å²) in [6.45, 7) is 7.86. The Bertz CT molecular complexity index is 614. The molecule has 0 bridgehead atoms. The molecule has 7 nitrogen and oxygen atoms in total. The number of hydrogen-bond donors (Lipinski definition) is 3. The molecule has 0 radical (unpaired) electrons. The summed E-state index contributed by atoms with van der Waals surface area (Å²) in [5, 5.41) is 9.66. The Hall–Kier alpha value is -1.55. The predicted molar refractivity (Wildman–Crippen MR) is 125 cm³/mol. The molecule has 158 valence electrons. The number of carbonyl (C=O) groups is 1. The number of rotatable bonds is 7. The van der Waals surface area contributed by atoms with Crippen molar-refractivity contribution in [2.24, 2.45) is 4.99 Å². The van der Waals surface area contributed by atoms with E-state index in [1.54, 1.807) is 38.4 Å². The Morgan fingerprint density at radius 3 is 2.32 bits per heavy atom. The van der Waals surface area contributed by atoms with Gasteiger partial charge in [-0.05, 0) is 51.0 Å². The molecule has 1 aromatic carbocycles. The molecule has 0 spiro atoms. The average molecular weight is 503 g/mol. The van der Waals surface area contributed by atoms with Gasteiger partial charge in [0.2, 0.25) is 0 Å². The Kier molecular flexibility index (Phi) is 11.2. The molecule has 28 heavy (non-hydrogen) atoms. The van der Waals surface area contributed by atoms with Crippen LogP contribution in [0.5, 0.6) is 5.75 Å². The van der Waals surface area contributed by atoms with Crippen LogP contribution in [-0.4, -0.2) is 69.2 Å². The van der Waals surface area contributed by atoms with Crippen molar-refractivity contribution in [3.63, 3.8) is 0 Å². The number of ether oxygens (including phenoxy) is 1. The number of piperidine rings is 1. The van der Waals surface area contributed by atoms with Gasteiger partial charge in [0.15, 0.2) is 5.96 Å². The summed E-state index contributed by atoms with van der Waals surface area (Å²) in [6, 6.07) is 8.13. The molecular formula is C20H34IN5O2. The third kappa shape index (κ3) is 7.83. The van der Waals surface area contributed by atoms with Crippen LogP contribution in [0.25, 0.3) is 0 Å². The maximum absolute atomic E-state index is 12.1. The van der Waals surface area contributed by atoms with E-state index in [0.717, 1.165) is 37.6 Å². The molecule has 0 saturated carbocycles. The van der Waals surface area contributed by atoms with Crippen LogP contribution in [0.1, 0.15) is 37.0 Å². The van der Waals surface area contributed by atoms with E-state index >= 15 is 0 Å². The zero-order valence-corrected chi connectivity index (χ0v) is 19.7. The summed E-state index contributed by atoms with van der Waals surface area (Å²) in [5.74, 6) is 1.43. The number of nitrogens with zero attached hydrogens (tertiary/aromatic N) is 2. The zero-order valence-electron chi connectivity index (χ0n) is 17.3. The van der Waals surface area contributed by atoms with Gasteiger partial charge in [0, 0.05) is 50.9 Å². The first-order valence-electron chi connectivity index (χ1n) is 9.67. The normalized spacial score (nSPS) is 15.7. The van der Waals surface area contributed by atoms with E-state index in [9.17, 15) is 4.79 Å². The monoisotopic (exact) mass is 503 g/mol. The van der Waals surface area contributed by atoms with Gasteiger partial charge in [-0.25, -0.2) is 0 Å². The number of benzene rings is 1. The lowest BCUT2D eigenvalue weighted by molar-refractivity contribution is 0.0954. The molecule has 3 N–H and O–H groups in total. The first kappa shape index (κ1) is 24.5. The van der Waals surface area contributed by atoms with E-state index in [1.807, 2.05) is 0 Å². The van der Waals surface area contributed by atoms with E-state index in [2.05, 4.69) is 39.7 Å². The van der Waals surface area contributed by atoms with Crippen molar-refractivity contribution in [1.29, 1.82) is 0 Å². The number of halogens is 1. The van der Waals surface area contributed by atoms with Crippen molar-refractivity contribution in [2.45, 2.75) is 38.8 Å². The minimum atomic E-state index is -0.0940. The molecule has 1 amide bonds. The molecule has 0 aliphatic carbocycles. The summed E-state index contributed by atoms with van der Waals surface area (Å²) >= 11 is 0. The zero-order chi connectivity index (χ0) is 19.6. The molecule has 0 aromatic heterocycles. The summed E-state index contributed by atoms with van der Waals surface area (Å²) < 4.78 is 5.10. The third-order valence-corrected chi connectivity index (χ3v) is 4.88. The van der Waals surface area contributed by atoms with Crippen molar-refractivity contribution in [2.75, 3.05) is 40.3 Å². The van der Waals surface area contributed by atoms with Crippen LogP contribution in [0.3, 0.4) is 0 Å². The molecule has 1 aliphatic rings. The maximum atomic E-state index is 12.1. The van der Waals surface area contributed by atoms with E-state index in [-0.39, 0.29) is 29.9 Å². The van der Waals surface area contributed by atoms with Crippen molar-refractivity contribution >= 4 is 35.8 Å². The lowest BCUT2D eigenvalue weighted by atomic mass is 10.0. The maximum Gasteiger partial charge on any atom is 0.251 e. The fourth-order valence-electron chi connectivity index (χ4n) is 3.15. The highest BCUT2D eigenvalue weighted by atomic mass is 127. The van der Waals surface area contributed by atoms with Gasteiger partial charge in [-0.2, -0.15) is 0 Å². The highest BCUT2D eigenvalue weighted by Crippen LogP contribution is 2.13. The highest BCUT2D eigenvalue weighted by Gasteiger charge is 2.21. The highest BCUT2D eigenvalue weighted by molar-refractivity contribution is 14.0. The van der Waals surface area contributed by atoms with Crippen LogP contribution in [-0.2, 0) is 0 Å². The number of amides is 1. The van der Waals surface area contributed by atoms with E-state index in [0.29, 0.717) is 30.7 Å². The van der Waals surface area contributed by atoms with E-state index < -0.39 is 0 Å². The Labute approximate surface area is 185 Å². The number of hydrogen-bond acceptors (Lipinski definition) is 4. The lowest BCUT2D eigenvalue weighted by Crippen LogP contribution is -2.50. The Morgan fingerprint density at radius 2 is 1.79 bits per heavy atom. The molecular weight excluding hydrogens is 469 g/mol. The van der Waals surface area contributed by atoms with Crippen LogP contribution >= 0.6 is 24.0 Å². The second-order valence-electron chi connectivity index (χ2n) is 7.03. The Morgan fingerprint density at radius 1 is 1.18 bits per heavy atom. The second-order valence-corrected chi connectivity index (χ2v) is 7.03. The minimum absolute atomic E-state index is 0. The summed E-state index contributed by atoms with van der Waals surface area (Å²) in [4.78, 5) is 18.9. The molecule has 0 unspecified atom stereocenters. The number of guanidine groups is 1. The number of nitrogens with one attached hydrogen (secondary N) is 3. The SMILES string of the molecule is CN=C(NCCNC(=O)c1ccc(OC)cc1)NC1CCN(C(C)C)CC1.I. The average Bonchev–Trinajstić information content (AvgIpc) is 2.70. The van der Waals surface area contributed by atoms with Gasteiger partial charge in [-0.1, -0.05) is 0 Å². The minimum Gasteiger partial charge on any atom is -0.497 e. The smallest absolute Gasteiger partial charge is 0.251 e.